The molecule has 0 heterocycles. The van der Waals surface area contributed by atoms with E-state index in [1.165, 1.54) is 5.56 Å². The van der Waals surface area contributed by atoms with Gasteiger partial charge in [-0.3, -0.25) is 0 Å². The number of rotatable bonds is 6. The van der Waals surface area contributed by atoms with E-state index in [9.17, 15) is 0 Å². The fraction of sp³-hybridized carbons (Fsp3) is 0.500. The van der Waals surface area contributed by atoms with Crippen LogP contribution >= 0.6 is 0 Å². The van der Waals surface area contributed by atoms with Crippen molar-refractivity contribution in [2.24, 2.45) is 16.3 Å². The van der Waals surface area contributed by atoms with Gasteiger partial charge >= 0.3 is 0 Å². The largest absolute Gasteiger partial charge is 0.409 e. The molecule has 18 heavy (non-hydrogen) atoms. The van der Waals surface area contributed by atoms with E-state index in [0.29, 0.717) is 18.3 Å². The molecule has 0 aliphatic heterocycles. The summed E-state index contributed by atoms with van der Waals surface area (Å²) in [6.45, 7) is 3.08. The molecule has 4 heteroatoms. The van der Waals surface area contributed by atoms with Crippen molar-refractivity contribution in [3.05, 3.63) is 35.9 Å². The first kappa shape index (κ1) is 12.9. The predicted octanol–water partition coefficient (Wildman–Crippen LogP) is 2.25. The molecule has 2 rings (SSSR count). The Morgan fingerprint density at radius 1 is 1.44 bits per heavy atom. The lowest BCUT2D eigenvalue weighted by Gasteiger charge is -2.20. The van der Waals surface area contributed by atoms with E-state index < -0.39 is 0 Å². The summed E-state index contributed by atoms with van der Waals surface area (Å²) in [4.78, 5) is 0. The van der Waals surface area contributed by atoms with Crippen molar-refractivity contribution >= 4 is 5.84 Å². The first-order valence-electron chi connectivity index (χ1n) is 6.40. The molecule has 98 valence electrons. The van der Waals surface area contributed by atoms with Gasteiger partial charge in [-0.2, -0.15) is 0 Å². The summed E-state index contributed by atoms with van der Waals surface area (Å²) in [7, 11) is 0. The molecule has 0 aromatic heterocycles. The first-order valence-corrected chi connectivity index (χ1v) is 6.40. The molecule has 1 aromatic carbocycles. The molecule has 0 unspecified atom stereocenters. The van der Waals surface area contributed by atoms with Crippen molar-refractivity contribution in [3.8, 4) is 0 Å². The van der Waals surface area contributed by atoms with Crippen LogP contribution in [0, 0.1) is 5.41 Å². The van der Waals surface area contributed by atoms with Gasteiger partial charge in [0.1, 0.15) is 5.84 Å². The Morgan fingerprint density at radius 2 is 2.11 bits per heavy atom. The van der Waals surface area contributed by atoms with Crippen LogP contribution < -0.4 is 11.1 Å². The summed E-state index contributed by atoms with van der Waals surface area (Å²) in [6.07, 6.45) is 2.98. The van der Waals surface area contributed by atoms with E-state index in [4.69, 9.17) is 10.9 Å². The number of nitrogens with zero attached hydrogens (tertiary/aromatic N) is 1. The molecule has 1 aromatic rings. The van der Waals surface area contributed by atoms with Crippen molar-refractivity contribution in [2.75, 3.05) is 6.54 Å². The van der Waals surface area contributed by atoms with Gasteiger partial charge in [0.15, 0.2) is 0 Å². The topological polar surface area (TPSA) is 70.6 Å². The Hall–Kier alpha value is -1.55. The lowest BCUT2D eigenvalue weighted by molar-refractivity contribution is 0.313. The molecule has 1 aliphatic carbocycles. The smallest absolute Gasteiger partial charge is 0.139 e. The van der Waals surface area contributed by atoms with Crippen molar-refractivity contribution in [3.63, 3.8) is 0 Å². The molecule has 4 nitrogen and oxygen atoms in total. The molecule has 1 atom stereocenters. The number of hydrogen-bond acceptors (Lipinski definition) is 3. The monoisotopic (exact) mass is 247 g/mol. The Labute approximate surface area is 108 Å². The van der Waals surface area contributed by atoms with Gasteiger partial charge in [-0.25, -0.2) is 0 Å². The molecule has 1 fully saturated rings. The number of oxime groups is 1. The zero-order valence-electron chi connectivity index (χ0n) is 10.8. The van der Waals surface area contributed by atoms with Crippen LogP contribution in [0.15, 0.2) is 35.5 Å². The van der Waals surface area contributed by atoms with Crippen LogP contribution in [-0.4, -0.2) is 17.6 Å². The van der Waals surface area contributed by atoms with Crippen LogP contribution in [0.25, 0.3) is 0 Å². The molecule has 0 bridgehead atoms. The van der Waals surface area contributed by atoms with Crippen LogP contribution in [0.2, 0.25) is 0 Å². The molecule has 1 aliphatic rings. The van der Waals surface area contributed by atoms with E-state index in [0.717, 1.165) is 19.4 Å². The summed E-state index contributed by atoms with van der Waals surface area (Å²) in [5.41, 5.74) is 7.09. The fourth-order valence-electron chi connectivity index (χ4n) is 2.24. The van der Waals surface area contributed by atoms with Crippen LogP contribution in [0.1, 0.15) is 37.8 Å². The van der Waals surface area contributed by atoms with Gasteiger partial charge in [0, 0.05) is 19.0 Å². The number of benzene rings is 1. The Bertz CT molecular complexity index is 412. The highest BCUT2D eigenvalue weighted by atomic mass is 16.4. The SMILES string of the molecule is C[C@@H](NCC1(CC(N)=NO)CC1)c1ccccc1. The van der Waals surface area contributed by atoms with Crippen LogP contribution in [0.5, 0.6) is 0 Å². The zero-order chi connectivity index (χ0) is 13.0. The maximum Gasteiger partial charge on any atom is 0.139 e. The van der Waals surface area contributed by atoms with Crippen molar-refractivity contribution in [1.29, 1.82) is 0 Å². The number of nitrogens with one attached hydrogen (secondary N) is 1. The molecule has 0 radical (unpaired) electrons. The second kappa shape index (κ2) is 5.40. The average Bonchev–Trinajstić information content (AvgIpc) is 3.17. The third-order valence-corrected chi connectivity index (χ3v) is 3.72. The van der Waals surface area contributed by atoms with E-state index in [2.05, 4.69) is 41.7 Å². The van der Waals surface area contributed by atoms with E-state index in [-0.39, 0.29) is 5.41 Å². The maximum atomic E-state index is 8.62. The Balaban J connectivity index is 1.85. The minimum Gasteiger partial charge on any atom is -0.409 e. The second-order valence-corrected chi connectivity index (χ2v) is 5.28. The predicted molar refractivity (Wildman–Crippen MR) is 72.6 cm³/mol. The zero-order valence-corrected chi connectivity index (χ0v) is 10.8. The van der Waals surface area contributed by atoms with Gasteiger partial charge in [-0.05, 0) is 30.7 Å². The molecule has 1 saturated carbocycles. The van der Waals surface area contributed by atoms with Gasteiger partial charge in [0.25, 0.3) is 0 Å². The minimum absolute atomic E-state index is 0.208. The summed E-state index contributed by atoms with van der Waals surface area (Å²) < 4.78 is 0. The Kier molecular flexibility index (Phi) is 3.87. The third kappa shape index (κ3) is 3.23. The molecular formula is C14H21N3O. The summed E-state index contributed by atoms with van der Waals surface area (Å²) >= 11 is 0. The van der Waals surface area contributed by atoms with Gasteiger partial charge < -0.3 is 16.3 Å². The van der Waals surface area contributed by atoms with Gasteiger partial charge in [0.2, 0.25) is 0 Å². The number of nitrogens with two attached hydrogens (primary N) is 1. The highest BCUT2D eigenvalue weighted by Gasteiger charge is 2.43. The molecular weight excluding hydrogens is 226 g/mol. The maximum absolute atomic E-state index is 8.62. The van der Waals surface area contributed by atoms with Crippen molar-refractivity contribution < 1.29 is 5.21 Å². The lowest BCUT2D eigenvalue weighted by Crippen LogP contribution is -2.30. The molecule has 4 N–H and O–H groups in total. The highest BCUT2D eigenvalue weighted by molar-refractivity contribution is 5.80. The number of amidine groups is 1. The van der Waals surface area contributed by atoms with Gasteiger partial charge in [-0.15, -0.1) is 0 Å². The lowest BCUT2D eigenvalue weighted by atomic mass is 10.0. The third-order valence-electron chi connectivity index (χ3n) is 3.72. The van der Waals surface area contributed by atoms with Gasteiger partial charge in [-0.1, -0.05) is 35.5 Å². The molecule has 0 saturated heterocycles. The van der Waals surface area contributed by atoms with Gasteiger partial charge in [0.05, 0.1) is 0 Å². The quantitative estimate of drug-likeness (QED) is 0.312. The van der Waals surface area contributed by atoms with Crippen molar-refractivity contribution in [2.45, 2.75) is 32.2 Å². The Morgan fingerprint density at radius 3 is 2.67 bits per heavy atom. The second-order valence-electron chi connectivity index (χ2n) is 5.28. The highest BCUT2D eigenvalue weighted by Crippen LogP contribution is 2.48. The molecule has 0 amide bonds. The van der Waals surface area contributed by atoms with Crippen molar-refractivity contribution in [1.82, 2.24) is 5.32 Å². The standard InChI is InChI=1S/C14H21N3O/c1-11(12-5-3-2-4-6-12)16-10-14(7-8-14)9-13(15)17-18/h2-6,11,16,18H,7-10H2,1H3,(H2,15,17)/t11-/m1/s1. The normalized spacial score (nSPS) is 19.5. The summed E-state index contributed by atoms with van der Waals surface area (Å²) in [5, 5.41) is 15.2. The first-order chi connectivity index (χ1) is 8.65. The minimum atomic E-state index is 0.208. The van der Waals surface area contributed by atoms with E-state index in [1.54, 1.807) is 0 Å². The van der Waals surface area contributed by atoms with Crippen LogP contribution in [0.3, 0.4) is 0 Å². The van der Waals surface area contributed by atoms with Crippen LogP contribution in [0.4, 0.5) is 0 Å². The van der Waals surface area contributed by atoms with E-state index >= 15 is 0 Å². The summed E-state index contributed by atoms with van der Waals surface area (Å²) in [5.74, 6) is 0.335. The molecule has 0 spiro atoms. The van der Waals surface area contributed by atoms with Crippen LogP contribution in [-0.2, 0) is 0 Å². The van der Waals surface area contributed by atoms with E-state index in [1.807, 2.05) is 6.07 Å². The summed E-state index contributed by atoms with van der Waals surface area (Å²) in [6, 6.07) is 10.7. The average molecular weight is 247 g/mol. The number of hydrogen-bond donors (Lipinski definition) is 3. The fourth-order valence-corrected chi connectivity index (χ4v) is 2.24.